The molecule has 1 aromatic carbocycles. The number of allylic oxidation sites excluding steroid dienone is 2. The molecule has 7 heteroatoms. The largest absolute Gasteiger partial charge is 0.482 e. The Morgan fingerprint density at radius 1 is 1.20 bits per heavy atom. The van der Waals surface area contributed by atoms with Gasteiger partial charge in [-0.3, -0.25) is 9.59 Å². The molecule has 2 rings (SSSR count). The zero-order chi connectivity index (χ0) is 18.4. The van der Waals surface area contributed by atoms with E-state index in [1.54, 1.807) is 31.2 Å². The third-order valence-electron chi connectivity index (χ3n) is 4.13. The number of carboxylic acid groups (broad SMARTS) is 1. The molecule has 0 spiro atoms. The topological polar surface area (TPSA) is 102 Å². The Morgan fingerprint density at radius 2 is 1.88 bits per heavy atom. The second-order valence-corrected chi connectivity index (χ2v) is 5.82. The summed E-state index contributed by atoms with van der Waals surface area (Å²) >= 11 is 0. The first-order valence-electron chi connectivity index (χ1n) is 7.91. The van der Waals surface area contributed by atoms with Gasteiger partial charge in [0, 0.05) is 5.69 Å². The van der Waals surface area contributed by atoms with Gasteiger partial charge in [0.05, 0.1) is 18.9 Å². The number of methoxy groups -OCH3 is 1. The summed E-state index contributed by atoms with van der Waals surface area (Å²) in [7, 11) is 1.28. The molecule has 0 heterocycles. The molecule has 1 aliphatic rings. The van der Waals surface area contributed by atoms with Crippen LogP contribution in [0.1, 0.15) is 18.4 Å². The predicted molar refractivity (Wildman–Crippen MR) is 90.3 cm³/mol. The van der Waals surface area contributed by atoms with Crippen LogP contribution in [0, 0.1) is 18.8 Å². The van der Waals surface area contributed by atoms with Crippen LogP contribution in [-0.4, -0.2) is 36.7 Å². The number of carboxylic acids is 1. The van der Waals surface area contributed by atoms with E-state index in [9.17, 15) is 19.5 Å². The summed E-state index contributed by atoms with van der Waals surface area (Å²) in [4.78, 5) is 34.9. The van der Waals surface area contributed by atoms with Crippen LogP contribution in [0.2, 0.25) is 0 Å². The van der Waals surface area contributed by atoms with E-state index in [-0.39, 0.29) is 12.5 Å². The summed E-state index contributed by atoms with van der Waals surface area (Å²) in [6, 6.07) is 4.98. The van der Waals surface area contributed by atoms with Crippen LogP contribution in [-0.2, 0) is 19.1 Å². The van der Waals surface area contributed by atoms with Gasteiger partial charge in [0.2, 0.25) is 5.91 Å². The number of ether oxygens (including phenoxy) is 2. The van der Waals surface area contributed by atoms with Crippen molar-refractivity contribution in [3.8, 4) is 5.75 Å². The lowest BCUT2D eigenvalue weighted by atomic mass is 9.82. The van der Waals surface area contributed by atoms with Gasteiger partial charge in [-0.1, -0.05) is 12.2 Å². The predicted octanol–water partition coefficient (Wildman–Crippen LogP) is 2.15. The summed E-state index contributed by atoms with van der Waals surface area (Å²) in [5, 5.41) is 12.1. The van der Waals surface area contributed by atoms with Gasteiger partial charge in [0.15, 0.2) is 6.61 Å². The Labute approximate surface area is 145 Å². The fraction of sp³-hybridized carbons (Fsp3) is 0.389. The molecule has 0 radical (unpaired) electrons. The van der Waals surface area contributed by atoms with Gasteiger partial charge < -0.3 is 19.9 Å². The number of nitrogens with one attached hydrogen (secondary N) is 1. The summed E-state index contributed by atoms with van der Waals surface area (Å²) in [5.41, 5.74) is 1.32. The van der Waals surface area contributed by atoms with Gasteiger partial charge in [-0.2, -0.15) is 0 Å². The summed E-state index contributed by atoms with van der Waals surface area (Å²) in [6.45, 7) is 1.59. The van der Waals surface area contributed by atoms with Crippen LogP contribution >= 0.6 is 0 Å². The maximum Gasteiger partial charge on any atom is 0.343 e. The maximum absolute atomic E-state index is 12.5. The molecule has 1 amide bonds. The van der Waals surface area contributed by atoms with Crippen molar-refractivity contribution >= 4 is 23.5 Å². The van der Waals surface area contributed by atoms with Gasteiger partial charge >= 0.3 is 11.9 Å². The molecule has 7 nitrogen and oxygen atoms in total. The number of aliphatic carboxylic acids is 1. The molecule has 0 saturated carbocycles. The molecule has 0 bridgehead atoms. The van der Waals surface area contributed by atoms with Crippen molar-refractivity contribution in [2.75, 3.05) is 19.0 Å². The van der Waals surface area contributed by atoms with E-state index in [4.69, 9.17) is 4.74 Å². The molecule has 0 unspecified atom stereocenters. The number of hydrogen-bond acceptors (Lipinski definition) is 5. The highest BCUT2D eigenvalue weighted by molar-refractivity contribution is 5.96. The van der Waals surface area contributed by atoms with Crippen LogP contribution in [0.5, 0.6) is 5.75 Å². The minimum absolute atomic E-state index is 0.198. The third-order valence-corrected chi connectivity index (χ3v) is 4.13. The lowest BCUT2D eigenvalue weighted by Crippen LogP contribution is -2.34. The van der Waals surface area contributed by atoms with Crippen molar-refractivity contribution in [1.29, 1.82) is 0 Å². The monoisotopic (exact) mass is 347 g/mol. The first kappa shape index (κ1) is 18.5. The lowest BCUT2D eigenvalue weighted by molar-refractivity contribution is -0.146. The number of hydrogen-bond donors (Lipinski definition) is 2. The highest BCUT2D eigenvalue weighted by Crippen LogP contribution is 2.28. The zero-order valence-electron chi connectivity index (χ0n) is 14.2. The zero-order valence-corrected chi connectivity index (χ0v) is 14.2. The van der Waals surface area contributed by atoms with E-state index in [1.807, 2.05) is 6.08 Å². The average molecular weight is 347 g/mol. The maximum atomic E-state index is 12.5. The van der Waals surface area contributed by atoms with Crippen molar-refractivity contribution < 1.29 is 29.0 Å². The lowest BCUT2D eigenvalue weighted by Gasteiger charge is -2.24. The Kier molecular flexibility index (Phi) is 6.16. The quantitative estimate of drug-likeness (QED) is 0.604. The number of esters is 1. The molecule has 25 heavy (non-hydrogen) atoms. The Bertz CT molecular complexity index is 697. The molecule has 0 aliphatic heterocycles. The van der Waals surface area contributed by atoms with E-state index in [2.05, 4.69) is 10.1 Å². The van der Waals surface area contributed by atoms with Gasteiger partial charge in [-0.05, 0) is 43.5 Å². The molecular formula is C18H21NO6. The first-order chi connectivity index (χ1) is 11.9. The van der Waals surface area contributed by atoms with E-state index in [1.165, 1.54) is 7.11 Å². The number of amides is 1. The van der Waals surface area contributed by atoms with Crippen molar-refractivity contribution in [3.63, 3.8) is 0 Å². The molecule has 1 aliphatic carbocycles. The number of anilines is 1. The fourth-order valence-electron chi connectivity index (χ4n) is 2.67. The van der Waals surface area contributed by atoms with Crippen LogP contribution in [0.25, 0.3) is 0 Å². The second kappa shape index (κ2) is 8.32. The van der Waals surface area contributed by atoms with Crippen molar-refractivity contribution in [1.82, 2.24) is 0 Å². The van der Waals surface area contributed by atoms with Crippen molar-refractivity contribution in [2.24, 2.45) is 11.8 Å². The average Bonchev–Trinajstić information content (AvgIpc) is 2.61. The van der Waals surface area contributed by atoms with Gasteiger partial charge in [-0.15, -0.1) is 0 Å². The fourth-order valence-corrected chi connectivity index (χ4v) is 2.67. The van der Waals surface area contributed by atoms with Crippen LogP contribution in [0.3, 0.4) is 0 Å². The summed E-state index contributed by atoms with van der Waals surface area (Å²) in [6.07, 6.45) is 4.39. The standard InChI is InChI=1S/C18H21NO6/c1-11-9-12(25-10-16(20)24-2)7-8-15(11)19-17(21)13-5-3-4-6-14(13)18(22)23/h3-4,7-9,13-14H,5-6,10H2,1-2H3,(H,19,21)(H,22,23)/t13-,14+/m0/s1. The molecule has 1 aromatic rings. The molecule has 0 aromatic heterocycles. The molecule has 2 N–H and O–H groups in total. The van der Waals surface area contributed by atoms with Crippen LogP contribution < -0.4 is 10.1 Å². The molecular weight excluding hydrogens is 326 g/mol. The minimum atomic E-state index is -0.965. The molecule has 2 atom stereocenters. The second-order valence-electron chi connectivity index (χ2n) is 5.82. The van der Waals surface area contributed by atoms with Crippen LogP contribution in [0.4, 0.5) is 5.69 Å². The smallest absolute Gasteiger partial charge is 0.343 e. The van der Waals surface area contributed by atoms with E-state index >= 15 is 0 Å². The number of rotatable bonds is 6. The van der Waals surface area contributed by atoms with E-state index in [0.29, 0.717) is 24.3 Å². The molecule has 134 valence electrons. The normalized spacial score (nSPS) is 19.1. The highest BCUT2D eigenvalue weighted by Gasteiger charge is 2.34. The van der Waals surface area contributed by atoms with Gasteiger partial charge in [0.25, 0.3) is 0 Å². The van der Waals surface area contributed by atoms with Crippen LogP contribution in [0.15, 0.2) is 30.4 Å². The summed E-state index contributed by atoms with van der Waals surface area (Å²) < 4.78 is 9.79. The summed E-state index contributed by atoms with van der Waals surface area (Å²) in [5.74, 6) is -2.61. The van der Waals surface area contributed by atoms with Crippen molar-refractivity contribution in [3.05, 3.63) is 35.9 Å². The minimum Gasteiger partial charge on any atom is -0.482 e. The Balaban J connectivity index is 2.04. The molecule has 0 saturated heterocycles. The van der Waals surface area contributed by atoms with E-state index in [0.717, 1.165) is 5.56 Å². The van der Waals surface area contributed by atoms with Crippen molar-refractivity contribution in [2.45, 2.75) is 19.8 Å². The Morgan fingerprint density at radius 3 is 2.48 bits per heavy atom. The molecule has 0 fully saturated rings. The number of aryl methyl sites for hydroxylation is 1. The number of carbonyl (C=O) groups is 3. The van der Waals surface area contributed by atoms with E-state index < -0.39 is 23.8 Å². The third kappa shape index (κ3) is 4.82. The van der Waals surface area contributed by atoms with Gasteiger partial charge in [-0.25, -0.2) is 4.79 Å². The number of carbonyl (C=O) groups excluding carboxylic acids is 2. The SMILES string of the molecule is COC(=O)COc1ccc(NC(=O)[C@H]2CC=CC[C@H]2C(=O)O)c(C)c1. The first-order valence-corrected chi connectivity index (χ1v) is 7.91. The number of benzene rings is 1. The highest BCUT2D eigenvalue weighted by atomic mass is 16.6. The van der Waals surface area contributed by atoms with Gasteiger partial charge in [0.1, 0.15) is 5.75 Å². The Hall–Kier alpha value is -2.83.